The molecule has 0 aliphatic heterocycles. The average molecular weight is 365 g/mol. The van der Waals surface area contributed by atoms with Crippen molar-refractivity contribution in [2.45, 2.75) is 26.4 Å². The monoisotopic (exact) mass is 363 g/mol. The maximum Gasteiger partial charge on any atom is 0.123 e. The fourth-order valence-corrected chi connectivity index (χ4v) is 2.58. The van der Waals surface area contributed by atoms with Crippen molar-refractivity contribution in [3.63, 3.8) is 0 Å². The SMILES string of the molecule is COc1ccc(Br)cc1CN(CCBr)C(C)C. The molecule has 0 saturated carbocycles. The van der Waals surface area contributed by atoms with Gasteiger partial charge < -0.3 is 4.74 Å². The third-order valence-corrected chi connectivity index (χ3v) is 3.57. The van der Waals surface area contributed by atoms with Crippen LogP contribution < -0.4 is 4.74 Å². The number of nitrogens with zero attached hydrogens (tertiary/aromatic N) is 1. The average Bonchev–Trinajstić information content (AvgIpc) is 2.28. The molecule has 0 fully saturated rings. The zero-order chi connectivity index (χ0) is 12.8. The molecule has 0 unspecified atom stereocenters. The Morgan fingerprint density at radius 1 is 1.35 bits per heavy atom. The minimum absolute atomic E-state index is 0.524. The zero-order valence-electron chi connectivity index (χ0n) is 10.5. The van der Waals surface area contributed by atoms with Crippen molar-refractivity contribution in [3.05, 3.63) is 28.2 Å². The lowest BCUT2D eigenvalue weighted by Crippen LogP contribution is -2.32. The van der Waals surface area contributed by atoms with E-state index in [2.05, 4.69) is 56.7 Å². The standard InChI is InChI=1S/C13H19Br2NO/c1-10(2)16(7-6-14)9-11-8-12(15)4-5-13(11)17-3/h4-5,8,10H,6-7,9H2,1-3H3. The highest BCUT2D eigenvalue weighted by atomic mass is 79.9. The van der Waals surface area contributed by atoms with Gasteiger partial charge in [0.1, 0.15) is 5.75 Å². The molecule has 0 saturated heterocycles. The first-order valence-corrected chi connectivity index (χ1v) is 7.62. The van der Waals surface area contributed by atoms with Crippen molar-refractivity contribution < 1.29 is 4.74 Å². The van der Waals surface area contributed by atoms with Crippen LogP contribution in [0.4, 0.5) is 0 Å². The number of rotatable bonds is 6. The Bertz CT molecular complexity index is 355. The summed E-state index contributed by atoms with van der Waals surface area (Å²) in [5.74, 6) is 0.952. The van der Waals surface area contributed by atoms with Crippen LogP contribution in [0.2, 0.25) is 0 Å². The summed E-state index contributed by atoms with van der Waals surface area (Å²) in [5, 5.41) is 0.988. The second kappa shape index (κ2) is 7.39. The summed E-state index contributed by atoms with van der Waals surface area (Å²) in [6, 6.07) is 6.66. The molecule has 1 aromatic carbocycles. The minimum atomic E-state index is 0.524. The second-order valence-electron chi connectivity index (χ2n) is 4.21. The summed E-state index contributed by atoms with van der Waals surface area (Å²) in [5.41, 5.74) is 1.22. The lowest BCUT2D eigenvalue weighted by Gasteiger charge is -2.26. The topological polar surface area (TPSA) is 12.5 Å². The highest BCUT2D eigenvalue weighted by Crippen LogP contribution is 2.24. The molecule has 0 aliphatic carbocycles. The van der Waals surface area contributed by atoms with E-state index in [4.69, 9.17) is 4.74 Å². The van der Waals surface area contributed by atoms with Gasteiger partial charge in [-0.3, -0.25) is 4.90 Å². The van der Waals surface area contributed by atoms with Crippen LogP contribution in [-0.2, 0) is 6.54 Å². The van der Waals surface area contributed by atoms with E-state index in [0.717, 1.165) is 28.6 Å². The van der Waals surface area contributed by atoms with E-state index < -0.39 is 0 Å². The molecule has 0 spiro atoms. The highest BCUT2D eigenvalue weighted by Gasteiger charge is 2.12. The minimum Gasteiger partial charge on any atom is -0.496 e. The van der Waals surface area contributed by atoms with Crippen molar-refractivity contribution >= 4 is 31.9 Å². The normalized spacial score (nSPS) is 11.2. The number of hydrogen-bond acceptors (Lipinski definition) is 2. The van der Waals surface area contributed by atoms with Crippen molar-refractivity contribution in [1.82, 2.24) is 4.90 Å². The zero-order valence-corrected chi connectivity index (χ0v) is 13.7. The van der Waals surface area contributed by atoms with Crippen molar-refractivity contribution in [3.8, 4) is 5.75 Å². The molecule has 0 aliphatic rings. The Kier molecular flexibility index (Phi) is 6.52. The van der Waals surface area contributed by atoms with Crippen LogP contribution in [0.15, 0.2) is 22.7 Å². The molecule has 0 atom stereocenters. The van der Waals surface area contributed by atoms with Gasteiger partial charge in [-0.2, -0.15) is 0 Å². The second-order valence-corrected chi connectivity index (χ2v) is 5.92. The maximum absolute atomic E-state index is 5.40. The van der Waals surface area contributed by atoms with Gasteiger partial charge in [-0.05, 0) is 32.0 Å². The van der Waals surface area contributed by atoms with Gasteiger partial charge in [-0.15, -0.1) is 0 Å². The maximum atomic E-state index is 5.40. The number of methoxy groups -OCH3 is 1. The predicted molar refractivity (Wildman–Crippen MR) is 80.0 cm³/mol. The van der Waals surface area contributed by atoms with Crippen LogP contribution in [0.25, 0.3) is 0 Å². The molecule has 0 bridgehead atoms. The van der Waals surface area contributed by atoms with Crippen LogP contribution >= 0.6 is 31.9 Å². The van der Waals surface area contributed by atoms with Crippen molar-refractivity contribution in [1.29, 1.82) is 0 Å². The Morgan fingerprint density at radius 2 is 2.06 bits per heavy atom. The van der Waals surface area contributed by atoms with Gasteiger partial charge in [0.2, 0.25) is 0 Å². The van der Waals surface area contributed by atoms with Crippen molar-refractivity contribution in [2.75, 3.05) is 19.0 Å². The van der Waals surface area contributed by atoms with Crippen LogP contribution in [0.3, 0.4) is 0 Å². The number of halogens is 2. The fraction of sp³-hybridized carbons (Fsp3) is 0.538. The van der Waals surface area contributed by atoms with Gasteiger partial charge in [-0.25, -0.2) is 0 Å². The number of benzene rings is 1. The molecule has 0 radical (unpaired) electrons. The Labute approximate surface area is 121 Å². The first-order chi connectivity index (χ1) is 8.08. The van der Waals surface area contributed by atoms with Crippen LogP contribution in [0, 0.1) is 0 Å². The third-order valence-electron chi connectivity index (χ3n) is 2.72. The third kappa shape index (κ3) is 4.60. The van der Waals surface area contributed by atoms with E-state index in [0.29, 0.717) is 6.04 Å². The molecule has 4 heteroatoms. The van der Waals surface area contributed by atoms with Gasteiger partial charge in [0.15, 0.2) is 0 Å². The Morgan fingerprint density at radius 3 is 2.59 bits per heavy atom. The lowest BCUT2D eigenvalue weighted by atomic mass is 10.1. The first-order valence-electron chi connectivity index (χ1n) is 5.71. The van der Waals surface area contributed by atoms with Gasteiger partial charge in [0.25, 0.3) is 0 Å². The van der Waals surface area contributed by atoms with Gasteiger partial charge >= 0.3 is 0 Å². The summed E-state index contributed by atoms with van der Waals surface area (Å²) in [4.78, 5) is 2.42. The van der Waals surface area contributed by atoms with E-state index in [1.54, 1.807) is 7.11 Å². The number of alkyl halides is 1. The molecule has 0 amide bonds. The smallest absolute Gasteiger partial charge is 0.123 e. The molecule has 1 aromatic rings. The van der Waals surface area contributed by atoms with E-state index in [-0.39, 0.29) is 0 Å². The quantitative estimate of drug-likeness (QED) is 0.705. The van der Waals surface area contributed by atoms with Crippen LogP contribution in [-0.4, -0.2) is 29.9 Å². The molecule has 0 aromatic heterocycles. The van der Waals surface area contributed by atoms with Crippen molar-refractivity contribution in [2.24, 2.45) is 0 Å². The van der Waals surface area contributed by atoms with E-state index in [1.807, 2.05) is 12.1 Å². The molecule has 1 rings (SSSR count). The molecular formula is C13H19Br2NO. The Balaban J connectivity index is 2.87. The first kappa shape index (κ1) is 15.0. The Hall–Kier alpha value is -0.0600. The summed E-state index contributed by atoms with van der Waals surface area (Å²) in [7, 11) is 1.72. The fourth-order valence-electron chi connectivity index (χ4n) is 1.72. The van der Waals surface area contributed by atoms with E-state index in [1.165, 1.54) is 5.56 Å². The van der Waals surface area contributed by atoms with E-state index in [9.17, 15) is 0 Å². The van der Waals surface area contributed by atoms with Crippen LogP contribution in [0.1, 0.15) is 19.4 Å². The molecule has 96 valence electrons. The molecule has 0 N–H and O–H groups in total. The largest absolute Gasteiger partial charge is 0.496 e. The summed E-state index contributed by atoms with van der Waals surface area (Å²) in [6.07, 6.45) is 0. The number of hydrogen-bond donors (Lipinski definition) is 0. The molecular weight excluding hydrogens is 346 g/mol. The summed E-state index contributed by atoms with van der Waals surface area (Å²) >= 11 is 7.01. The number of ether oxygens (including phenoxy) is 1. The van der Waals surface area contributed by atoms with Gasteiger partial charge in [-0.1, -0.05) is 31.9 Å². The van der Waals surface area contributed by atoms with Gasteiger partial charge in [0, 0.05) is 34.5 Å². The molecule has 0 heterocycles. The molecule has 2 nitrogen and oxygen atoms in total. The van der Waals surface area contributed by atoms with E-state index >= 15 is 0 Å². The van der Waals surface area contributed by atoms with Gasteiger partial charge in [0.05, 0.1) is 7.11 Å². The lowest BCUT2D eigenvalue weighted by molar-refractivity contribution is 0.224. The van der Waals surface area contributed by atoms with Crippen LogP contribution in [0.5, 0.6) is 5.75 Å². The molecule has 17 heavy (non-hydrogen) atoms. The highest BCUT2D eigenvalue weighted by molar-refractivity contribution is 9.10. The predicted octanol–water partition coefficient (Wildman–Crippen LogP) is 4.06. The summed E-state index contributed by atoms with van der Waals surface area (Å²) in [6.45, 7) is 6.37. The summed E-state index contributed by atoms with van der Waals surface area (Å²) < 4.78 is 6.49.